The molecule has 0 radical (unpaired) electrons. The summed E-state index contributed by atoms with van der Waals surface area (Å²) in [4.78, 5) is 33.1. The van der Waals surface area contributed by atoms with Crippen LogP contribution >= 0.6 is 11.6 Å². The molecule has 1 saturated heterocycles. The van der Waals surface area contributed by atoms with Crippen molar-refractivity contribution in [1.82, 2.24) is 9.80 Å². The van der Waals surface area contributed by atoms with Crippen molar-refractivity contribution in [3.8, 4) is 0 Å². The minimum absolute atomic E-state index is 0.180. The fourth-order valence-electron chi connectivity index (χ4n) is 0.815. The van der Waals surface area contributed by atoms with Gasteiger partial charge in [-0.1, -0.05) is 0 Å². The zero-order valence-electron chi connectivity index (χ0n) is 5.49. The zero-order chi connectivity index (χ0) is 8.43. The number of hydrogen-bond donors (Lipinski definition) is 0. The van der Waals surface area contributed by atoms with Gasteiger partial charge in [0, 0.05) is 13.1 Å². The molecule has 0 atom stereocenters. The van der Waals surface area contributed by atoms with Crippen LogP contribution in [0.4, 0.5) is 9.59 Å². The Hall–Kier alpha value is -1.10. The van der Waals surface area contributed by atoms with Crippen LogP contribution in [-0.2, 0) is 4.79 Å². The molecule has 6 heteroatoms. The second-order valence-electron chi connectivity index (χ2n) is 1.99. The van der Waals surface area contributed by atoms with E-state index in [9.17, 15) is 14.4 Å². The number of rotatable bonds is 1. The third-order valence-corrected chi connectivity index (χ3v) is 1.58. The molecular weight excluding hydrogens is 172 g/mol. The molecule has 1 fully saturated rings. The van der Waals surface area contributed by atoms with Gasteiger partial charge in [0.05, 0.1) is 0 Å². The average molecular weight is 177 g/mol. The van der Waals surface area contributed by atoms with E-state index in [1.165, 1.54) is 0 Å². The predicted molar refractivity (Wildman–Crippen MR) is 36.1 cm³/mol. The fraction of sp³-hybridized carbons (Fsp3) is 0.400. The summed E-state index contributed by atoms with van der Waals surface area (Å²) in [5.41, 5.74) is 0. The van der Waals surface area contributed by atoms with Crippen LogP contribution in [-0.4, -0.2) is 40.7 Å². The lowest BCUT2D eigenvalue weighted by Crippen LogP contribution is -2.32. The standard InChI is InChI=1S/C5H5ClN2O3/c6-4(10)8-2-1-7(3-9)5(8)11/h3H,1-2H2. The molecule has 5 nitrogen and oxygen atoms in total. The Kier molecular flexibility index (Phi) is 2.09. The maximum atomic E-state index is 10.9. The summed E-state index contributed by atoms with van der Waals surface area (Å²) < 4.78 is 0. The molecule has 0 aliphatic carbocycles. The second-order valence-corrected chi connectivity index (χ2v) is 2.31. The van der Waals surface area contributed by atoms with Crippen LogP contribution in [0.5, 0.6) is 0 Å². The number of imide groups is 2. The van der Waals surface area contributed by atoms with Gasteiger partial charge in [0.25, 0.3) is 0 Å². The highest BCUT2D eigenvalue weighted by Crippen LogP contribution is 2.08. The summed E-state index contributed by atoms with van der Waals surface area (Å²) in [5.74, 6) is 0. The highest BCUT2D eigenvalue weighted by Gasteiger charge is 2.31. The Bertz CT molecular complexity index is 218. The molecule has 1 heterocycles. The van der Waals surface area contributed by atoms with Crippen LogP contribution in [0.1, 0.15) is 0 Å². The van der Waals surface area contributed by atoms with Crippen LogP contribution in [0.25, 0.3) is 0 Å². The molecule has 0 aromatic carbocycles. The highest BCUT2D eigenvalue weighted by molar-refractivity contribution is 6.64. The molecule has 0 aromatic heterocycles. The maximum absolute atomic E-state index is 10.9. The average Bonchev–Trinajstić information content (AvgIpc) is 2.30. The molecule has 0 spiro atoms. The van der Waals surface area contributed by atoms with E-state index < -0.39 is 11.4 Å². The summed E-state index contributed by atoms with van der Waals surface area (Å²) >= 11 is 5.02. The van der Waals surface area contributed by atoms with E-state index in [1.54, 1.807) is 0 Å². The molecule has 4 amide bonds. The first-order chi connectivity index (χ1) is 5.16. The van der Waals surface area contributed by atoms with Gasteiger partial charge < -0.3 is 0 Å². The maximum Gasteiger partial charge on any atom is 0.334 e. The van der Waals surface area contributed by atoms with Crippen molar-refractivity contribution < 1.29 is 14.4 Å². The zero-order valence-corrected chi connectivity index (χ0v) is 6.24. The van der Waals surface area contributed by atoms with Crippen LogP contribution in [0.2, 0.25) is 0 Å². The van der Waals surface area contributed by atoms with Crippen LogP contribution < -0.4 is 0 Å². The Morgan fingerprint density at radius 3 is 2.45 bits per heavy atom. The number of urea groups is 1. The largest absolute Gasteiger partial charge is 0.334 e. The van der Waals surface area contributed by atoms with Crippen molar-refractivity contribution in [3.05, 3.63) is 0 Å². The van der Waals surface area contributed by atoms with E-state index in [0.29, 0.717) is 6.41 Å². The van der Waals surface area contributed by atoms with E-state index >= 15 is 0 Å². The van der Waals surface area contributed by atoms with E-state index in [1.807, 2.05) is 0 Å². The van der Waals surface area contributed by atoms with Crippen molar-refractivity contribution >= 4 is 29.4 Å². The first kappa shape index (κ1) is 8.00. The number of carbonyl (C=O) groups excluding carboxylic acids is 3. The first-order valence-electron chi connectivity index (χ1n) is 2.89. The number of halogens is 1. The molecule has 60 valence electrons. The van der Waals surface area contributed by atoms with Gasteiger partial charge in [-0.05, 0) is 11.6 Å². The lowest BCUT2D eigenvalue weighted by molar-refractivity contribution is -0.115. The van der Waals surface area contributed by atoms with Gasteiger partial charge in [0.2, 0.25) is 6.41 Å². The third kappa shape index (κ3) is 1.32. The quantitative estimate of drug-likeness (QED) is 0.327. The van der Waals surface area contributed by atoms with Crippen molar-refractivity contribution in [3.63, 3.8) is 0 Å². The van der Waals surface area contributed by atoms with Crippen molar-refractivity contribution in [2.45, 2.75) is 0 Å². The number of amides is 4. The lowest BCUT2D eigenvalue weighted by Gasteiger charge is -2.07. The minimum atomic E-state index is -0.848. The van der Waals surface area contributed by atoms with Gasteiger partial charge in [-0.2, -0.15) is 0 Å². The van der Waals surface area contributed by atoms with Crippen molar-refractivity contribution in [2.75, 3.05) is 13.1 Å². The smallest absolute Gasteiger partial charge is 0.278 e. The monoisotopic (exact) mass is 176 g/mol. The summed E-state index contributed by atoms with van der Waals surface area (Å²) in [5, 5.41) is -0.848. The lowest BCUT2D eigenvalue weighted by atomic mass is 10.6. The van der Waals surface area contributed by atoms with Crippen molar-refractivity contribution in [1.29, 1.82) is 0 Å². The molecule has 1 aliphatic rings. The van der Waals surface area contributed by atoms with Gasteiger partial charge in [0.15, 0.2) is 0 Å². The number of hydrogen-bond acceptors (Lipinski definition) is 3. The van der Waals surface area contributed by atoms with Gasteiger partial charge in [-0.15, -0.1) is 0 Å². The van der Waals surface area contributed by atoms with E-state index in [0.717, 1.165) is 9.80 Å². The molecule has 1 rings (SSSR count). The predicted octanol–water partition coefficient (Wildman–Crippen LogP) is 0.239. The molecular formula is C5H5ClN2O3. The van der Waals surface area contributed by atoms with Gasteiger partial charge in [-0.25, -0.2) is 9.69 Å². The SMILES string of the molecule is O=CN1CCN(C(=O)Cl)C1=O. The molecule has 0 saturated carbocycles. The highest BCUT2D eigenvalue weighted by atomic mass is 35.5. The van der Waals surface area contributed by atoms with Gasteiger partial charge >= 0.3 is 11.4 Å². The molecule has 0 bridgehead atoms. The Morgan fingerprint density at radius 2 is 2.18 bits per heavy atom. The van der Waals surface area contributed by atoms with E-state index in [-0.39, 0.29) is 13.1 Å². The number of nitrogens with zero attached hydrogens (tertiary/aromatic N) is 2. The molecule has 0 N–H and O–H groups in total. The molecule has 1 aliphatic heterocycles. The minimum Gasteiger partial charge on any atom is -0.278 e. The van der Waals surface area contributed by atoms with Crippen molar-refractivity contribution in [2.24, 2.45) is 0 Å². The first-order valence-corrected chi connectivity index (χ1v) is 3.27. The topological polar surface area (TPSA) is 57.7 Å². The summed E-state index contributed by atoms with van der Waals surface area (Å²) in [7, 11) is 0. The summed E-state index contributed by atoms with van der Waals surface area (Å²) in [6, 6.07) is -0.653. The Balaban J connectivity index is 2.70. The molecule has 11 heavy (non-hydrogen) atoms. The summed E-state index contributed by atoms with van der Waals surface area (Å²) in [6.45, 7) is 0.403. The Labute approximate surface area is 67.5 Å². The summed E-state index contributed by atoms with van der Waals surface area (Å²) in [6.07, 6.45) is 0.377. The van der Waals surface area contributed by atoms with E-state index in [4.69, 9.17) is 11.6 Å². The van der Waals surface area contributed by atoms with E-state index in [2.05, 4.69) is 0 Å². The number of carbonyl (C=O) groups is 3. The van der Waals surface area contributed by atoms with Gasteiger partial charge in [0.1, 0.15) is 0 Å². The molecule has 0 unspecified atom stereocenters. The van der Waals surface area contributed by atoms with Crippen LogP contribution in [0, 0.1) is 0 Å². The van der Waals surface area contributed by atoms with Gasteiger partial charge in [-0.3, -0.25) is 14.5 Å². The normalized spacial score (nSPS) is 17.4. The second kappa shape index (κ2) is 2.87. The van der Waals surface area contributed by atoms with Crippen LogP contribution in [0.15, 0.2) is 0 Å². The van der Waals surface area contributed by atoms with Crippen LogP contribution in [0.3, 0.4) is 0 Å². The third-order valence-electron chi connectivity index (χ3n) is 1.38. The molecule has 0 aromatic rings. The fourth-order valence-corrected chi connectivity index (χ4v) is 0.972. The Morgan fingerprint density at radius 1 is 1.55 bits per heavy atom.